The van der Waals surface area contributed by atoms with Crippen LogP contribution in [0.4, 0.5) is 5.95 Å². The zero-order chi connectivity index (χ0) is 17.5. The van der Waals surface area contributed by atoms with E-state index in [2.05, 4.69) is 15.7 Å². The van der Waals surface area contributed by atoms with E-state index in [-0.39, 0.29) is 11.9 Å². The van der Waals surface area contributed by atoms with E-state index in [4.69, 9.17) is 9.97 Å². The smallest absolute Gasteiger partial charge is 0.242 e. The van der Waals surface area contributed by atoms with Gasteiger partial charge in [-0.1, -0.05) is 12.1 Å². The lowest BCUT2D eigenvalue weighted by molar-refractivity contribution is -0.123. The molecule has 1 saturated heterocycles. The van der Waals surface area contributed by atoms with Gasteiger partial charge in [0.05, 0.1) is 5.52 Å². The van der Waals surface area contributed by atoms with Crippen molar-refractivity contribution < 1.29 is 4.79 Å². The van der Waals surface area contributed by atoms with Gasteiger partial charge in [-0.3, -0.25) is 4.79 Å². The van der Waals surface area contributed by atoms with Crippen LogP contribution in [0.25, 0.3) is 27.9 Å². The fourth-order valence-electron chi connectivity index (χ4n) is 3.23. The van der Waals surface area contributed by atoms with Gasteiger partial charge < -0.3 is 10.6 Å². The number of hydrogen-bond donors (Lipinski definition) is 2. The highest BCUT2D eigenvalue weighted by atomic mass is 32.1. The molecule has 3 aromatic heterocycles. The summed E-state index contributed by atoms with van der Waals surface area (Å²) in [4.78, 5) is 21.6. The number of amides is 1. The van der Waals surface area contributed by atoms with Gasteiger partial charge in [0.2, 0.25) is 11.9 Å². The maximum atomic E-state index is 12.1. The normalized spacial score (nSPS) is 17.5. The minimum atomic E-state index is -0.311. The molecule has 0 saturated carbocycles. The number of fused-ring (bicyclic) bond motifs is 3. The van der Waals surface area contributed by atoms with Crippen molar-refractivity contribution in [3.63, 3.8) is 0 Å². The number of piperidine rings is 1. The van der Waals surface area contributed by atoms with Gasteiger partial charge in [0.25, 0.3) is 0 Å². The van der Waals surface area contributed by atoms with E-state index in [0.29, 0.717) is 11.8 Å². The van der Waals surface area contributed by atoms with Gasteiger partial charge in [-0.25, -0.2) is 9.97 Å². The number of anilines is 1. The molecule has 0 aliphatic carbocycles. The minimum Gasteiger partial charge on any atom is -0.354 e. The first-order chi connectivity index (χ1) is 12.8. The molecule has 26 heavy (non-hydrogen) atoms. The molecule has 1 amide bonds. The van der Waals surface area contributed by atoms with Gasteiger partial charge in [0.1, 0.15) is 6.04 Å². The van der Waals surface area contributed by atoms with Crippen molar-refractivity contribution in [2.24, 2.45) is 0 Å². The molecule has 0 bridgehead atoms. The second-order valence-electron chi connectivity index (χ2n) is 6.27. The van der Waals surface area contributed by atoms with Crippen LogP contribution in [0.5, 0.6) is 0 Å². The van der Waals surface area contributed by atoms with Crippen LogP contribution in [0.3, 0.4) is 0 Å². The van der Waals surface area contributed by atoms with Crippen LogP contribution < -0.4 is 10.6 Å². The Morgan fingerprint density at radius 2 is 2.15 bits per heavy atom. The quantitative estimate of drug-likeness (QED) is 0.584. The highest BCUT2D eigenvalue weighted by molar-refractivity contribution is 7.08. The first-order valence-corrected chi connectivity index (χ1v) is 9.46. The molecular formula is C18H16N6OS. The lowest BCUT2D eigenvalue weighted by Crippen LogP contribution is -2.44. The molecule has 4 aromatic rings. The zero-order valence-electron chi connectivity index (χ0n) is 13.8. The molecule has 1 atom stereocenters. The SMILES string of the molecule is O=C1NCCC[C@H]1Nc1nc2ccccc2c2nc(-c3ccsc3)nn12. The van der Waals surface area contributed by atoms with Crippen LogP contribution in [0.1, 0.15) is 12.8 Å². The predicted octanol–water partition coefficient (Wildman–Crippen LogP) is 2.70. The first-order valence-electron chi connectivity index (χ1n) is 8.52. The molecule has 0 unspecified atom stereocenters. The minimum absolute atomic E-state index is 0.00229. The predicted molar refractivity (Wildman–Crippen MR) is 101 cm³/mol. The molecule has 1 aliphatic heterocycles. The highest BCUT2D eigenvalue weighted by Crippen LogP contribution is 2.25. The number of nitrogens with zero attached hydrogens (tertiary/aromatic N) is 4. The van der Waals surface area contributed by atoms with Crippen LogP contribution in [0.15, 0.2) is 41.1 Å². The lowest BCUT2D eigenvalue weighted by atomic mass is 10.1. The summed E-state index contributed by atoms with van der Waals surface area (Å²) in [5.41, 5.74) is 2.53. The number of carbonyl (C=O) groups excluding carboxylic acids is 1. The second-order valence-corrected chi connectivity index (χ2v) is 7.05. The van der Waals surface area contributed by atoms with E-state index in [0.717, 1.165) is 41.5 Å². The maximum Gasteiger partial charge on any atom is 0.242 e. The third-order valence-electron chi connectivity index (χ3n) is 4.55. The van der Waals surface area contributed by atoms with E-state index in [1.807, 2.05) is 41.1 Å². The van der Waals surface area contributed by atoms with E-state index >= 15 is 0 Å². The Balaban J connectivity index is 1.69. The number of thiophene rings is 1. The van der Waals surface area contributed by atoms with E-state index in [1.54, 1.807) is 15.9 Å². The van der Waals surface area contributed by atoms with Crippen LogP contribution in [-0.2, 0) is 4.79 Å². The Morgan fingerprint density at radius 3 is 3.00 bits per heavy atom. The third kappa shape index (κ3) is 2.50. The van der Waals surface area contributed by atoms with Gasteiger partial charge >= 0.3 is 0 Å². The molecule has 8 heteroatoms. The summed E-state index contributed by atoms with van der Waals surface area (Å²) in [6.07, 6.45) is 1.71. The van der Waals surface area contributed by atoms with Crippen molar-refractivity contribution in [2.75, 3.05) is 11.9 Å². The summed E-state index contributed by atoms with van der Waals surface area (Å²) in [6.45, 7) is 0.725. The van der Waals surface area contributed by atoms with Crippen molar-refractivity contribution in [2.45, 2.75) is 18.9 Å². The zero-order valence-corrected chi connectivity index (χ0v) is 14.7. The number of nitrogens with one attached hydrogen (secondary N) is 2. The Morgan fingerprint density at radius 1 is 1.23 bits per heavy atom. The van der Waals surface area contributed by atoms with Crippen molar-refractivity contribution in [1.29, 1.82) is 0 Å². The molecule has 130 valence electrons. The van der Waals surface area contributed by atoms with Crippen molar-refractivity contribution in [3.8, 4) is 11.4 Å². The highest BCUT2D eigenvalue weighted by Gasteiger charge is 2.24. The Kier molecular flexibility index (Phi) is 3.56. The molecule has 7 nitrogen and oxygen atoms in total. The number of rotatable bonds is 3. The third-order valence-corrected chi connectivity index (χ3v) is 5.23. The Hall–Kier alpha value is -3.00. The largest absolute Gasteiger partial charge is 0.354 e. The van der Waals surface area contributed by atoms with E-state index < -0.39 is 0 Å². The van der Waals surface area contributed by atoms with Gasteiger partial charge in [0.15, 0.2) is 11.5 Å². The number of benzene rings is 1. The fourth-order valence-corrected chi connectivity index (χ4v) is 3.86. The van der Waals surface area contributed by atoms with Gasteiger partial charge in [0, 0.05) is 22.9 Å². The number of aromatic nitrogens is 4. The van der Waals surface area contributed by atoms with Crippen molar-refractivity contribution >= 4 is 39.7 Å². The summed E-state index contributed by atoms with van der Waals surface area (Å²) in [5.74, 6) is 1.19. The Bertz CT molecular complexity index is 1100. The molecular weight excluding hydrogens is 348 g/mol. The lowest BCUT2D eigenvalue weighted by Gasteiger charge is -2.23. The summed E-state index contributed by atoms with van der Waals surface area (Å²) in [7, 11) is 0. The van der Waals surface area contributed by atoms with Crippen LogP contribution in [0.2, 0.25) is 0 Å². The van der Waals surface area contributed by atoms with Crippen molar-refractivity contribution in [3.05, 3.63) is 41.1 Å². The first kappa shape index (κ1) is 15.3. The summed E-state index contributed by atoms with van der Waals surface area (Å²) >= 11 is 1.61. The van der Waals surface area contributed by atoms with Gasteiger partial charge in [-0.2, -0.15) is 15.9 Å². The maximum absolute atomic E-state index is 12.1. The standard InChI is InChI=1S/C18H16N6OS/c25-17-14(6-3-8-19-17)21-18-20-13-5-2-1-4-12(13)16-22-15(23-24(16)18)11-7-9-26-10-11/h1-2,4-5,7,9-10,14H,3,6,8H2,(H,19,25)(H,20,21)/t14-/m1/s1. The van der Waals surface area contributed by atoms with Gasteiger partial charge in [-0.15, -0.1) is 5.10 Å². The van der Waals surface area contributed by atoms with E-state index in [9.17, 15) is 4.79 Å². The molecule has 1 fully saturated rings. The average molecular weight is 364 g/mol. The number of para-hydroxylation sites is 1. The van der Waals surface area contributed by atoms with Crippen molar-refractivity contribution in [1.82, 2.24) is 24.9 Å². The number of hydrogen-bond acceptors (Lipinski definition) is 6. The second kappa shape index (κ2) is 6.06. The molecule has 4 heterocycles. The number of carbonyl (C=O) groups is 1. The fraction of sp³-hybridized carbons (Fsp3) is 0.222. The van der Waals surface area contributed by atoms with Crippen LogP contribution in [0, 0.1) is 0 Å². The monoisotopic (exact) mass is 364 g/mol. The van der Waals surface area contributed by atoms with Crippen LogP contribution >= 0.6 is 11.3 Å². The molecule has 5 rings (SSSR count). The van der Waals surface area contributed by atoms with Gasteiger partial charge in [-0.05, 0) is 36.4 Å². The summed E-state index contributed by atoms with van der Waals surface area (Å²) in [6, 6.07) is 9.52. The Labute approximate surface area is 153 Å². The molecule has 0 spiro atoms. The topological polar surface area (TPSA) is 84.2 Å². The molecule has 1 aromatic carbocycles. The summed E-state index contributed by atoms with van der Waals surface area (Å²) < 4.78 is 1.71. The van der Waals surface area contributed by atoms with E-state index in [1.165, 1.54) is 0 Å². The molecule has 2 N–H and O–H groups in total. The average Bonchev–Trinajstić information content (AvgIpc) is 3.33. The summed E-state index contributed by atoms with van der Waals surface area (Å²) in [5, 5.41) is 15.8. The molecule has 1 aliphatic rings. The van der Waals surface area contributed by atoms with Crippen LogP contribution in [-0.4, -0.2) is 38.1 Å². The molecule has 0 radical (unpaired) electrons.